The molecule has 102 valence electrons. The van der Waals surface area contributed by atoms with Gasteiger partial charge in [-0.3, -0.25) is 9.59 Å². The van der Waals surface area contributed by atoms with Gasteiger partial charge in [0.15, 0.2) is 0 Å². The Kier molecular flexibility index (Phi) is 4.58. The van der Waals surface area contributed by atoms with Crippen LogP contribution in [0.3, 0.4) is 0 Å². The summed E-state index contributed by atoms with van der Waals surface area (Å²) in [6, 6.07) is 0.236. The fourth-order valence-electron chi connectivity index (χ4n) is 3.06. The molecule has 0 aromatic carbocycles. The molecule has 0 bridgehead atoms. The highest BCUT2D eigenvalue weighted by Crippen LogP contribution is 2.25. The number of carbonyl (C=O) groups is 2. The maximum atomic E-state index is 12.3. The fraction of sp³-hybridized carbons (Fsp3) is 0.846. The standard InChI is InChI=1S/C13H23N3O2/c14-12(17)9-16(11-3-1-2-4-11)13(18)7-10-5-6-15-8-10/h10-11,15H,1-9H2,(H2,14,17). The molecule has 0 spiro atoms. The van der Waals surface area contributed by atoms with Gasteiger partial charge in [-0.25, -0.2) is 0 Å². The highest BCUT2D eigenvalue weighted by atomic mass is 16.2. The molecule has 1 heterocycles. The van der Waals surface area contributed by atoms with Gasteiger partial charge in [0, 0.05) is 12.5 Å². The van der Waals surface area contributed by atoms with E-state index < -0.39 is 5.91 Å². The summed E-state index contributed by atoms with van der Waals surface area (Å²) < 4.78 is 0. The first-order valence-electron chi connectivity index (χ1n) is 6.95. The Hall–Kier alpha value is -1.10. The number of nitrogens with two attached hydrogens (primary N) is 1. The maximum Gasteiger partial charge on any atom is 0.237 e. The van der Waals surface area contributed by atoms with Crippen LogP contribution in [0.4, 0.5) is 0 Å². The first kappa shape index (κ1) is 13.3. The van der Waals surface area contributed by atoms with Gasteiger partial charge in [0.25, 0.3) is 0 Å². The molecular formula is C13H23N3O2. The van der Waals surface area contributed by atoms with Crippen molar-refractivity contribution < 1.29 is 9.59 Å². The highest BCUT2D eigenvalue weighted by molar-refractivity contribution is 5.84. The van der Waals surface area contributed by atoms with Gasteiger partial charge < -0.3 is 16.0 Å². The van der Waals surface area contributed by atoms with E-state index in [4.69, 9.17) is 5.73 Å². The van der Waals surface area contributed by atoms with Gasteiger partial charge in [-0.2, -0.15) is 0 Å². The quantitative estimate of drug-likeness (QED) is 0.737. The minimum absolute atomic E-state index is 0.0870. The van der Waals surface area contributed by atoms with Crippen LogP contribution in [-0.2, 0) is 9.59 Å². The molecule has 2 rings (SSSR count). The Labute approximate surface area is 108 Å². The van der Waals surface area contributed by atoms with Gasteiger partial charge in [0.1, 0.15) is 0 Å². The first-order valence-corrected chi connectivity index (χ1v) is 6.95. The van der Waals surface area contributed by atoms with Crippen molar-refractivity contribution in [2.45, 2.75) is 44.6 Å². The lowest BCUT2D eigenvalue weighted by Crippen LogP contribution is -2.44. The van der Waals surface area contributed by atoms with E-state index in [0.29, 0.717) is 12.3 Å². The predicted octanol–water partition coefficient (Wildman–Crippen LogP) is 0.242. The minimum atomic E-state index is -0.403. The minimum Gasteiger partial charge on any atom is -0.368 e. The molecule has 1 unspecified atom stereocenters. The summed E-state index contributed by atoms with van der Waals surface area (Å²) in [5, 5.41) is 3.26. The SMILES string of the molecule is NC(=O)CN(C(=O)CC1CCNC1)C1CCCC1. The largest absolute Gasteiger partial charge is 0.368 e. The van der Waals surface area contributed by atoms with Crippen LogP contribution in [0.1, 0.15) is 38.5 Å². The Morgan fingerprint density at radius 1 is 1.22 bits per heavy atom. The van der Waals surface area contributed by atoms with Crippen molar-refractivity contribution in [2.75, 3.05) is 19.6 Å². The van der Waals surface area contributed by atoms with Gasteiger partial charge in [-0.15, -0.1) is 0 Å². The van der Waals surface area contributed by atoms with E-state index in [0.717, 1.165) is 45.2 Å². The number of amides is 2. The molecule has 18 heavy (non-hydrogen) atoms. The van der Waals surface area contributed by atoms with Crippen LogP contribution < -0.4 is 11.1 Å². The van der Waals surface area contributed by atoms with Crippen molar-refractivity contribution in [3.63, 3.8) is 0 Å². The smallest absolute Gasteiger partial charge is 0.237 e. The zero-order chi connectivity index (χ0) is 13.0. The van der Waals surface area contributed by atoms with Crippen LogP contribution in [0.2, 0.25) is 0 Å². The predicted molar refractivity (Wildman–Crippen MR) is 68.8 cm³/mol. The summed E-state index contributed by atoms with van der Waals surface area (Å²) in [5.41, 5.74) is 5.26. The van der Waals surface area contributed by atoms with Crippen LogP contribution in [-0.4, -0.2) is 42.4 Å². The van der Waals surface area contributed by atoms with Crippen molar-refractivity contribution in [2.24, 2.45) is 11.7 Å². The zero-order valence-corrected chi connectivity index (χ0v) is 10.9. The van der Waals surface area contributed by atoms with Crippen LogP contribution in [0.25, 0.3) is 0 Å². The van der Waals surface area contributed by atoms with Crippen molar-refractivity contribution >= 4 is 11.8 Å². The van der Waals surface area contributed by atoms with E-state index in [1.165, 1.54) is 0 Å². The lowest BCUT2D eigenvalue weighted by atomic mass is 10.0. The molecule has 1 saturated carbocycles. The number of nitrogens with zero attached hydrogens (tertiary/aromatic N) is 1. The van der Waals surface area contributed by atoms with Crippen LogP contribution in [0, 0.1) is 5.92 Å². The number of nitrogens with one attached hydrogen (secondary N) is 1. The van der Waals surface area contributed by atoms with E-state index in [2.05, 4.69) is 5.32 Å². The summed E-state index contributed by atoms with van der Waals surface area (Å²) in [7, 11) is 0. The molecule has 2 amide bonds. The van der Waals surface area contributed by atoms with Crippen molar-refractivity contribution in [3.05, 3.63) is 0 Å². The first-order chi connectivity index (χ1) is 8.66. The summed E-state index contributed by atoms with van der Waals surface area (Å²) in [4.78, 5) is 25.2. The van der Waals surface area contributed by atoms with Crippen molar-refractivity contribution in [1.82, 2.24) is 10.2 Å². The Bertz CT molecular complexity index is 307. The van der Waals surface area contributed by atoms with E-state index in [-0.39, 0.29) is 18.5 Å². The molecule has 5 heteroatoms. The summed E-state index contributed by atoms with van der Waals surface area (Å²) in [6.07, 6.45) is 5.94. The summed E-state index contributed by atoms with van der Waals surface area (Å²) in [5.74, 6) is 0.128. The normalized spacial score (nSPS) is 24.3. The third-order valence-electron chi connectivity index (χ3n) is 4.04. The summed E-state index contributed by atoms with van der Waals surface area (Å²) in [6.45, 7) is 2.00. The zero-order valence-electron chi connectivity index (χ0n) is 10.9. The van der Waals surface area contributed by atoms with Crippen molar-refractivity contribution in [1.29, 1.82) is 0 Å². The Morgan fingerprint density at radius 2 is 1.94 bits per heavy atom. The number of hydrogen-bond donors (Lipinski definition) is 2. The van der Waals surface area contributed by atoms with Gasteiger partial charge >= 0.3 is 0 Å². The van der Waals surface area contributed by atoms with Crippen LogP contribution >= 0.6 is 0 Å². The fourth-order valence-corrected chi connectivity index (χ4v) is 3.06. The van der Waals surface area contributed by atoms with Crippen molar-refractivity contribution in [3.8, 4) is 0 Å². The summed E-state index contributed by atoms with van der Waals surface area (Å²) >= 11 is 0. The molecule has 5 nitrogen and oxygen atoms in total. The number of rotatable bonds is 5. The Balaban J connectivity index is 1.93. The third-order valence-corrected chi connectivity index (χ3v) is 4.04. The second-order valence-electron chi connectivity index (χ2n) is 5.49. The molecule has 1 aliphatic carbocycles. The van der Waals surface area contributed by atoms with E-state index in [1.54, 1.807) is 4.90 Å². The van der Waals surface area contributed by atoms with Crippen LogP contribution in [0.5, 0.6) is 0 Å². The molecule has 1 atom stereocenters. The monoisotopic (exact) mass is 253 g/mol. The average molecular weight is 253 g/mol. The van der Waals surface area contributed by atoms with Crippen LogP contribution in [0.15, 0.2) is 0 Å². The van der Waals surface area contributed by atoms with Gasteiger partial charge in [-0.05, 0) is 38.3 Å². The molecule has 2 fully saturated rings. The molecule has 2 aliphatic rings. The van der Waals surface area contributed by atoms with E-state index >= 15 is 0 Å². The lowest BCUT2D eigenvalue weighted by molar-refractivity contribution is -0.138. The Morgan fingerprint density at radius 3 is 2.50 bits per heavy atom. The second-order valence-corrected chi connectivity index (χ2v) is 5.49. The van der Waals surface area contributed by atoms with E-state index in [1.807, 2.05) is 0 Å². The number of carbonyl (C=O) groups excluding carboxylic acids is 2. The van der Waals surface area contributed by atoms with Gasteiger partial charge in [0.2, 0.25) is 11.8 Å². The molecule has 0 radical (unpaired) electrons. The van der Waals surface area contributed by atoms with Gasteiger partial charge in [0.05, 0.1) is 6.54 Å². The molecule has 1 saturated heterocycles. The number of hydrogen-bond acceptors (Lipinski definition) is 3. The molecule has 1 aliphatic heterocycles. The molecule has 0 aromatic heterocycles. The second kappa shape index (κ2) is 6.18. The molecule has 3 N–H and O–H groups in total. The lowest BCUT2D eigenvalue weighted by Gasteiger charge is -2.28. The maximum absolute atomic E-state index is 12.3. The highest BCUT2D eigenvalue weighted by Gasteiger charge is 2.29. The number of primary amides is 1. The average Bonchev–Trinajstić information content (AvgIpc) is 2.97. The van der Waals surface area contributed by atoms with Gasteiger partial charge in [-0.1, -0.05) is 12.8 Å². The molecular weight excluding hydrogens is 230 g/mol. The third kappa shape index (κ3) is 3.45. The topological polar surface area (TPSA) is 75.4 Å². The van der Waals surface area contributed by atoms with E-state index in [9.17, 15) is 9.59 Å². The molecule has 0 aromatic rings.